The van der Waals surface area contributed by atoms with Gasteiger partial charge in [-0.05, 0) is 61.7 Å². The van der Waals surface area contributed by atoms with Crippen LogP contribution in [0.15, 0.2) is 70.4 Å². The van der Waals surface area contributed by atoms with Gasteiger partial charge in [0, 0.05) is 29.9 Å². The molecule has 1 saturated heterocycles. The number of aromatic nitrogens is 2. The second-order valence-corrected chi connectivity index (χ2v) is 10.3. The van der Waals surface area contributed by atoms with E-state index in [1.54, 1.807) is 16.4 Å². The Morgan fingerprint density at radius 3 is 2.54 bits per heavy atom. The van der Waals surface area contributed by atoms with E-state index in [2.05, 4.69) is 10.4 Å². The molecule has 4 rings (SSSR count). The molecule has 0 bridgehead atoms. The average Bonchev–Trinajstić information content (AvgIpc) is 2.86. The molecule has 1 fully saturated rings. The van der Waals surface area contributed by atoms with Gasteiger partial charge in [0.25, 0.3) is 5.56 Å². The van der Waals surface area contributed by atoms with Crippen LogP contribution in [0.5, 0.6) is 0 Å². The number of piperidine rings is 1. The molecule has 0 saturated carbocycles. The van der Waals surface area contributed by atoms with Crippen molar-refractivity contribution in [1.82, 2.24) is 14.1 Å². The Balaban J connectivity index is 1.46. The Bertz CT molecular complexity index is 1370. The van der Waals surface area contributed by atoms with Crippen molar-refractivity contribution >= 4 is 21.6 Å². The number of hydrogen-bond donors (Lipinski definition) is 1. The molecule has 1 aliphatic heterocycles. The molecule has 35 heavy (non-hydrogen) atoms. The zero-order valence-electron chi connectivity index (χ0n) is 19.4. The minimum Gasteiger partial charge on any atom is -0.324 e. The van der Waals surface area contributed by atoms with Crippen molar-refractivity contribution < 1.29 is 17.6 Å². The number of carbonyl (C=O) groups is 1. The van der Waals surface area contributed by atoms with Gasteiger partial charge in [0.05, 0.1) is 10.6 Å². The van der Waals surface area contributed by atoms with Crippen LogP contribution in [-0.4, -0.2) is 41.0 Å². The Labute approximate surface area is 203 Å². The summed E-state index contributed by atoms with van der Waals surface area (Å²) in [5, 5.41) is 6.76. The van der Waals surface area contributed by atoms with Crippen molar-refractivity contribution in [2.45, 2.75) is 50.1 Å². The molecule has 1 unspecified atom stereocenters. The molecule has 1 aromatic heterocycles. The lowest BCUT2D eigenvalue weighted by molar-refractivity contribution is -0.117. The van der Waals surface area contributed by atoms with Gasteiger partial charge >= 0.3 is 0 Å². The highest BCUT2D eigenvalue weighted by atomic mass is 32.2. The molecule has 0 radical (unpaired) electrons. The first-order valence-corrected chi connectivity index (χ1v) is 13.0. The number of nitrogens with zero attached hydrogens (tertiary/aromatic N) is 3. The summed E-state index contributed by atoms with van der Waals surface area (Å²) in [5.41, 5.74) is 0.331. The molecule has 1 atom stereocenters. The van der Waals surface area contributed by atoms with E-state index in [0.717, 1.165) is 30.4 Å². The zero-order valence-corrected chi connectivity index (χ0v) is 20.2. The van der Waals surface area contributed by atoms with Gasteiger partial charge in [-0.3, -0.25) is 9.59 Å². The number of rotatable bonds is 7. The number of sulfonamides is 1. The van der Waals surface area contributed by atoms with Gasteiger partial charge in [-0.25, -0.2) is 17.5 Å². The maximum atomic E-state index is 14.1. The third-order valence-electron chi connectivity index (χ3n) is 6.10. The van der Waals surface area contributed by atoms with Crippen molar-refractivity contribution in [3.63, 3.8) is 0 Å². The van der Waals surface area contributed by atoms with Crippen LogP contribution < -0.4 is 10.9 Å². The summed E-state index contributed by atoms with van der Waals surface area (Å²) in [5.74, 6) is -1.01. The molecule has 10 heteroatoms. The molecule has 2 heterocycles. The molecule has 1 N–H and O–H groups in total. The van der Waals surface area contributed by atoms with Crippen LogP contribution in [0.1, 0.15) is 32.6 Å². The average molecular weight is 499 g/mol. The van der Waals surface area contributed by atoms with Gasteiger partial charge in [-0.15, -0.1) is 0 Å². The first-order valence-electron chi connectivity index (χ1n) is 11.5. The number of anilines is 1. The van der Waals surface area contributed by atoms with Gasteiger partial charge in [-0.2, -0.15) is 9.40 Å². The first-order chi connectivity index (χ1) is 16.8. The standard InChI is InChI=1S/C25H27FN4O4S/c1-2-19-7-5-6-16-30(19)35(33,34)20-12-10-18(11-13-20)27-24(31)17-29-25(32)15-14-23(28-29)21-8-3-4-9-22(21)26/h3-4,8-15,19H,2,5-7,16-17H2,1H3,(H,27,31). The topological polar surface area (TPSA) is 101 Å². The molecule has 184 valence electrons. The SMILES string of the molecule is CCC1CCCCN1S(=O)(=O)c1ccc(NC(=O)Cn2nc(-c3ccccc3F)ccc2=O)cc1. The fourth-order valence-corrected chi connectivity index (χ4v) is 6.02. The lowest BCUT2D eigenvalue weighted by atomic mass is 10.0. The van der Waals surface area contributed by atoms with E-state index in [0.29, 0.717) is 12.2 Å². The van der Waals surface area contributed by atoms with E-state index in [4.69, 9.17) is 0 Å². The Morgan fingerprint density at radius 1 is 1.09 bits per heavy atom. The van der Waals surface area contributed by atoms with E-state index in [-0.39, 0.29) is 28.7 Å². The van der Waals surface area contributed by atoms with Crippen molar-refractivity contribution in [3.05, 3.63) is 76.8 Å². The normalized spacial score (nSPS) is 16.7. The third-order valence-corrected chi connectivity index (χ3v) is 8.06. The molecule has 3 aromatic rings. The summed E-state index contributed by atoms with van der Waals surface area (Å²) < 4.78 is 42.8. The van der Waals surface area contributed by atoms with Crippen LogP contribution >= 0.6 is 0 Å². The van der Waals surface area contributed by atoms with E-state index in [1.807, 2.05) is 6.92 Å². The monoisotopic (exact) mass is 498 g/mol. The number of benzene rings is 2. The van der Waals surface area contributed by atoms with Gasteiger partial charge in [0.15, 0.2) is 0 Å². The second kappa shape index (κ2) is 10.5. The summed E-state index contributed by atoms with van der Waals surface area (Å²) in [6.45, 7) is 2.11. The predicted octanol–water partition coefficient (Wildman–Crippen LogP) is 3.64. The summed E-state index contributed by atoms with van der Waals surface area (Å²) >= 11 is 0. The first kappa shape index (κ1) is 24.7. The van der Waals surface area contributed by atoms with E-state index < -0.39 is 27.3 Å². The number of amides is 1. The molecule has 0 spiro atoms. The summed E-state index contributed by atoms with van der Waals surface area (Å²) in [4.78, 5) is 24.9. The van der Waals surface area contributed by atoms with Gasteiger partial charge < -0.3 is 5.32 Å². The molecular weight excluding hydrogens is 471 g/mol. The molecule has 0 aliphatic carbocycles. The summed E-state index contributed by atoms with van der Waals surface area (Å²) in [6, 6.07) is 14.6. The van der Waals surface area contributed by atoms with E-state index in [9.17, 15) is 22.4 Å². The van der Waals surface area contributed by atoms with Gasteiger partial charge in [0.2, 0.25) is 15.9 Å². The lowest BCUT2D eigenvalue weighted by Gasteiger charge is -2.34. The fraction of sp³-hybridized carbons (Fsp3) is 0.320. The van der Waals surface area contributed by atoms with Crippen LogP contribution in [0.25, 0.3) is 11.3 Å². The fourth-order valence-electron chi connectivity index (χ4n) is 4.26. The Hall–Kier alpha value is -3.37. The second-order valence-electron chi connectivity index (χ2n) is 8.44. The molecule has 1 amide bonds. The van der Waals surface area contributed by atoms with Gasteiger partial charge in [0.1, 0.15) is 12.4 Å². The maximum absolute atomic E-state index is 14.1. The summed E-state index contributed by atoms with van der Waals surface area (Å²) in [6.07, 6.45) is 3.49. The van der Waals surface area contributed by atoms with Crippen LogP contribution in [0, 0.1) is 5.82 Å². The number of hydrogen-bond acceptors (Lipinski definition) is 5. The largest absolute Gasteiger partial charge is 0.324 e. The number of halogens is 1. The number of carbonyl (C=O) groups excluding carboxylic acids is 1. The van der Waals surface area contributed by atoms with Crippen LogP contribution in [0.2, 0.25) is 0 Å². The highest BCUT2D eigenvalue weighted by molar-refractivity contribution is 7.89. The highest BCUT2D eigenvalue weighted by Gasteiger charge is 2.32. The third kappa shape index (κ3) is 5.49. The lowest BCUT2D eigenvalue weighted by Crippen LogP contribution is -2.43. The molecule has 8 nitrogen and oxygen atoms in total. The minimum absolute atomic E-state index is 0.000865. The molecule has 1 aliphatic rings. The quantitative estimate of drug-likeness (QED) is 0.536. The smallest absolute Gasteiger partial charge is 0.267 e. The van der Waals surface area contributed by atoms with Crippen LogP contribution in [0.4, 0.5) is 10.1 Å². The van der Waals surface area contributed by atoms with E-state index >= 15 is 0 Å². The molecule has 2 aromatic carbocycles. The Kier molecular flexibility index (Phi) is 7.42. The number of nitrogens with one attached hydrogen (secondary N) is 1. The van der Waals surface area contributed by atoms with Crippen LogP contribution in [-0.2, 0) is 21.4 Å². The van der Waals surface area contributed by atoms with E-state index in [1.165, 1.54) is 48.5 Å². The Morgan fingerprint density at radius 2 is 1.83 bits per heavy atom. The van der Waals surface area contributed by atoms with Crippen molar-refractivity contribution in [2.75, 3.05) is 11.9 Å². The van der Waals surface area contributed by atoms with Crippen molar-refractivity contribution in [2.24, 2.45) is 0 Å². The van der Waals surface area contributed by atoms with Crippen LogP contribution in [0.3, 0.4) is 0 Å². The molecular formula is C25H27FN4O4S. The van der Waals surface area contributed by atoms with Crippen molar-refractivity contribution in [1.29, 1.82) is 0 Å². The minimum atomic E-state index is -3.62. The highest BCUT2D eigenvalue weighted by Crippen LogP contribution is 2.27. The van der Waals surface area contributed by atoms with Gasteiger partial charge in [-0.1, -0.05) is 25.5 Å². The predicted molar refractivity (Wildman–Crippen MR) is 131 cm³/mol. The van der Waals surface area contributed by atoms with Crippen molar-refractivity contribution in [3.8, 4) is 11.3 Å². The zero-order chi connectivity index (χ0) is 25.0. The summed E-state index contributed by atoms with van der Waals surface area (Å²) in [7, 11) is -3.62. The maximum Gasteiger partial charge on any atom is 0.267 e.